The van der Waals surface area contributed by atoms with Crippen LogP contribution in [0.3, 0.4) is 0 Å². The molecule has 128 valence electrons. The van der Waals surface area contributed by atoms with Crippen LogP contribution in [0.1, 0.15) is 13.8 Å². The number of carboxylic acid groups (broad SMARTS) is 1. The van der Waals surface area contributed by atoms with E-state index in [9.17, 15) is 4.79 Å². The minimum Gasteiger partial charge on any atom is -0.478 e. The highest BCUT2D eigenvalue weighted by atomic mass is 32.1. The van der Waals surface area contributed by atoms with Gasteiger partial charge in [-0.25, -0.2) is 4.79 Å². The summed E-state index contributed by atoms with van der Waals surface area (Å²) in [4.78, 5) is 11.2. The molecule has 0 unspecified atom stereocenters. The number of rotatable bonds is 9. The van der Waals surface area contributed by atoms with Gasteiger partial charge in [0.05, 0.1) is 6.08 Å². The second-order valence-corrected chi connectivity index (χ2v) is 5.52. The van der Waals surface area contributed by atoms with Gasteiger partial charge in [-0.2, -0.15) is 11.3 Å². The summed E-state index contributed by atoms with van der Waals surface area (Å²) in [6, 6.07) is 9.43. The van der Waals surface area contributed by atoms with Crippen LogP contribution in [-0.2, 0) is 14.3 Å². The molecule has 1 heterocycles. The molecular weight excluding hydrogens is 328 g/mol. The van der Waals surface area contributed by atoms with Gasteiger partial charge in [0.2, 0.25) is 6.29 Å². The van der Waals surface area contributed by atoms with E-state index in [4.69, 9.17) is 19.3 Å². The fourth-order valence-corrected chi connectivity index (χ4v) is 2.78. The van der Waals surface area contributed by atoms with Crippen molar-refractivity contribution in [2.45, 2.75) is 20.1 Å². The molecule has 2 aromatic rings. The smallest absolute Gasteiger partial charge is 0.331 e. The van der Waals surface area contributed by atoms with Crippen LogP contribution in [0.5, 0.6) is 5.75 Å². The zero-order chi connectivity index (χ0) is 17.4. The van der Waals surface area contributed by atoms with Crippen LogP contribution < -0.4 is 4.74 Å². The Morgan fingerprint density at radius 2 is 1.92 bits per heavy atom. The number of hydrogen-bond acceptors (Lipinski definition) is 5. The van der Waals surface area contributed by atoms with E-state index in [1.165, 1.54) is 0 Å². The molecule has 1 aromatic carbocycles. The molecule has 24 heavy (non-hydrogen) atoms. The van der Waals surface area contributed by atoms with Crippen LogP contribution in [0.25, 0.3) is 11.1 Å². The van der Waals surface area contributed by atoms with Crippen molar-refractivity contribution in [3.63, 3.8) is 0 Å². The predicted octanol–water partition coefficient (Wildman–Crippen LogP) is 4.16. The van der Waals surface area contributed by atoms with Crippen molar-refractivity contribution in [1.82, 2.24) is 0 Å². The van der Waals surface area contributed by atoms with Crippen molar-refractivity contribution in [2.24, 2.45) is 0 Å². The zero-order valence-electron chi connectivity index (χ0n) is 13.6. The Morgan fingerprint density at radius 3 is 2.50 bits per heavy atom. The van der Waals surface area contributed by atoms with Crippen LogP contribution in [0, 0.1) is 0 Å². The van der Waals surface area contributed by atoms with Gasteiger partial charge in [0.25, 0.3) is 0 Å². The molecule has 0 amide bonds. The zero-order valence-corrected chi connectivity index (χ0v) is 14.4. The third-order valence-corrected chi connectivity index (χ3v) is 3.76. The van der Waals surface area contributed by atoms with Crippen molar-refractivity contribution in [2.75, 3.05) is 13.2 Å². The Hall–Kier alpha value is -2.15. The molecule has 1 N–H and O–H groups in total. The molecule has 0 saturated carbocycles. The van der Waals surface area contributed by atoms with Gasteiger partial charge >= 0.3 is 5.97 Å². The molecule has 0 aliphatic rings. The van der Waals surface area contributed by atoms with Crippen LogP contribution in [0.4, 0.5) is 0 Å². The lowest BCUT2D eigenvalue weighted by Crippen LogP contribution is -2.24. The predicted molar refractivity (Wildman–Crippen MR) is 93.1 cm³/mol. The lowest BCUT2D eigenvalue weighted by Gasteiger charge is -2.21. The fraction of sp³-hybridized carbons (Fsp3) is 0.278. The van der Waals surface area contributed by atoms with Gasteiger partial charge in [0, 0.05) is 18.8 Å². The summed E-state index contributed by atoms with van der Waals surface area (Å²) < 4.78 is 16.8. The molecule has 6 heteroatoms. The molecule has 5 nitrogen and oxygen atoms in total. The van der Waals surface area contributed by atoms with Gasteiger partial charge in [-0.15, -0.1) is 0 Å². The first-order chi connectivity index (χ1) is 11.7. The Balaban J connectivity index is 2.35. The van der Waals surface area contributed by atoms with Crippen molar-refractivity contribution in [3.05, 3.63) is 52.9 Å². The molecule has 0 radical (unpaired) electrons. The monoisotopic (exact) mass is 348 g/mol. The highest BCUT2D eigenvalue weighted by molar-refractivity contribution is 7.08. The summed E-state index contributed by atoms with van der Waals surface area (Å²) in [7, 11) is 0. The largest absolute Gasteiger partial charge is 0.478 e. The van der Waals surface area contributed by atoms with Crippen LogP contribution in [-0.4, -0.2) is 30.6 Å². The number of ether oxygens (including phenoxy) is 3. The summed E-state index contributed by atoms with van der Waals surface area (Å²) in [5.41, 5.74) is 1.89. The maximum atomic E-state index is 11.2. The lowest BCUT2D eigenvalue weighted by atomic mass is 10.1. The second kappa shape index (κ2) is 9.22. The minimum absolute atomic E-state index is 0.105. The Labute approximate surface area is 145 Å². The molecule has 0 fully saturated rings. The number of benzene rings is 1. The Bertz CT molecular complexity index is 672. The molecule has 2 rings (SSSR count). The topological polar surface area (TPSA) is 65.0 Å². The average Bonchev–Trinajstić information content (AvgIpc) is 3.08. The van der Waals surface area contributed by atoms with Crippen molar-refractivity contribution >= 4 is 17.3 Å². The van der Waals surface area contributed by atoms with Crippen molar-refractivity contribution < 1.29 is 24.1 Å². The molecule has 0 atom stereocenters. The van der Waals surface area contributed by atoms with Crippen molar-refractivity contribution in [3.8, 4) is 16.9 Å². The average molecular weight is 348 g/mol. The summed E-state index contributed by atoms with van der Waals surface area (Å²) in [6.07, 6.45) is 0.104. The first kappa shape index (κ1) is 18.2. The van der Waals surface area contributed by atoms with Gasteiger partial charge < -0.3 is 19.3 Å². The standard InChI is InChI=1S/C18H20O5S/c1-3-21-18(22-4-2)16(11-17(19)20)23-15-8-6-5-7-14(15)13-9-10-24-12-13/h5-12,18H,3-4H2,1-2H3,(H,19,20)/b16-11-. The minimum atomic E-state index is -1.12. The van der Waals surface area contributed by atoms with E-state index in [0.29, 0.717) is 19.0 Å². The summed E-state index contributed by atoms with van der Waals surface area (Å²) in [6.45, 7) is 4.36. The Morgan fingerprint density at radius 1 is 1.21 bits per heavy atom. The Kier molecular flexibility index (Phi) is 6.99. The maximum absolute atomic E-state index is 11.2. The molecule has 0 saturated heterocycles. The molecule has 1 aromatic heterocycles. The quantitative estimate of drug-likeness (QED) is 0.419. The highest BCUT2D eigenvalue weighted by Crippen LogP contribution is 2.33. The number of hydrogen-bond donors (Lipinski definition) is 1. The maximum Gasteiger partial charge on any atom is 0.331 e. The van der Waals surface area contributed by atoms with E-state index in [2.05, 4.69) is 0 Å². The third-order valence-electron chi connectivity index (χ3n) is 3.08. The first-order valence-electron chi connectivity index (χ1n) is 7.62. The second-order valence-electron chi connectivity index (χ2n) is 4.74. The summed E-state index contributed by atoms with van der Waals surface area (Å²) >= 11 is 1.58. The van der Waals surface area contributed by atoms with Gasteiger partial charge in [-0.1, -0.05) is 18.2 Å². The van der Waals surface area contributed by atoms with E-state index in [0.717, 1.165) is 17.2 Å². The van der Waals surface area contributed by atoms with E-state index in [1.54, 1.807) is 17.4 Å². The number of para-hydroxylation sites is 1. The summed E-state index contributed by atoms with van der Waals surface area (Å²) in [5.74, 6) is -0.468. The van der Waals surface area contributed by atoms with Gasteiger partial charge in [0.1, 0.15) is 5.75 Å². The molecule has 0 aliphatic carbocycles. The van der Waals surface area contributed by atoms with Crippen LogP contribution in [0.15, 0.2) is 52.9 Å². The van der Waals surface area contributed by atoms with Crippen LogP contribution in [0.2, 0.25) is 0 Å². The molecule has 0 spiro atoms. The lowest BCUT2D eigenvalue weighted by molar-refractivity contribution is -0.136. The van der Waals surface area contributed by atoms with E-state index in [-0.39, 0.29) is 5.76 Å². The number of aliphatic carboxylic acids is 1. The van der Waals surface area contributed by atoms with Gasteiger partial charge in [-0.3, -0.25) is 0 Å². The molecule has 0 aliphatic heterocycles. The number of thiophene rings is 1. The number of carboxylic acids is 1. The van der Waals surface area contributed by atoms with Crippen molar-refractivity contribution in [1.29, 1.82) is 0 Å². The van der Waals surface area contributed by atoms with Gasteiger partial charge in [-0.05, 0) is 42.3 Å². The van der Waals surface area contributed by atoms with E-state index in [1.807, 2.05) is 48.9 Å². The molecular formula is C18H20O5S. The van der Waals surface area contributed by atoms with E-state index < -0.39 is 12.3 Å². The highest BCUT2D eigenvalue weighted by Gasteiger charge is 2.20. The first-order valence-corrected chi connectivity index (χ1v) is 8.57. The normalized spacial score (nSPS) is 11.7. The fourth-order valence-electron chi connectivity index (χ4n) is 2.12. The van der Waals surface area contributed by atoms with Crippen LogP contribution >= 0.6 is 11.3 Å². The molecule has 0 bridgehead atoms. The SMILES string of the molecule is CCOC(OCC)/C(=C/C(=O)O)Oc1ccccc1-c1ccsc1. The number of carbonyl (C=O) groups is 1. The third kappa shape index (κ3) is 4.92. The van der Waals surface area contributed by atoms with Gasteiger partial charge in [0.15, 0.2) is 5.76 Å². The van der Waals surface area contributed by atoms with E-state index >= 15 is 0 Å². The summed E-state index contributed by atoms with van der Waals surface area (Å²) in [5, 5.41) is 13.1.